The number of rotatable bonds is 5. The van der Waals surface area contributed by atoms with E-state index in [-0.39, 0.29) is 4.88 Å². The van der Waals surface area contributed by atoms with Gasteiger partial charge in [-0.05, 0) is 6.92 Å². The molecule has 14 heavy (non-hydrogen) atoms. The number of hydrogen-bond acceptors (Lipinski definition) is 6. The van der Waals surface area contributed by atoms with E-state index in [9.17, 15) is 9.90 Å². The number of carboxylic acid groups (broad SMARTS) is 1. The third-order valence-corrected chi connectivity index (χ3v) is 2.66. The van der Waals surface area contributed by atoms with E-state index in [0.29, 0.717) is 24.0 Å². The summed E-state index contributed by atoms with van der Waals surface area (Å²) in [6.45, 7) is 2.80. The first kappa shape index (κ1) is 10.9. The molecule has 5 nitrogen and oxygen atoms in total. The predicted molar refractivity (Wildman–Crippen MR) is 51.5 cm³/mol. The first-order valence-corrected chi connectivity index (χ1v) is 4.88. The second kappa shape index (κ2) is 4.92. The number of aromatic nitrogens is 1. The fourth-order valence-electron chi connectivity index (χ4n) is 0.921. The van der Waals surface area contributed by atoms with E-state index in [1.54, 1.807) is 14.0 Å². The van der Waals surface area contributed by atoms with Gasteiger partial charge in [0.1, 0.15) is 0 Å². The van der Waals surface area contributed by atoms with Crippen LogP contribution in [0.15, 0.2) is 0 Å². The van der Waals surface area contributed by atoms with Crippen molar-refractivity contribution >= 4 is 22.4 Å². The Balaban J connectivity index is 2.62. The first-order chi connectivity index (χ1) is 6.65. The fraction of sp³-hybridized carbons (Fsp3) is 0.500. The monoisotopic (exact) mass is 215 g/mol. The SMILES string of the molecule is COCCNc1nc(C)c(C(=O)[O-])s1. The number of ether oxygens (including phenoxy) is 1. The number of nitrogens with one attached hydrogen (secondary N) is 1. The van der Waals surface area contributed by atoms with Gasteiger partial charge in [-0.15, -0.1) is 0 Å². The summed E-state index contributed by atoms with van der Waals surface area (Å²) >= 11 is 1.08. The lowest BCUT2D eigenvalue weighted by Crippen LogP contribution is -2.21. The summed E-state index contributed by atoms with van der Waals surface area (Å²) in [5.41, 5.74) is 0.481. The van der Waals surface area contributed by atoms with Crippen molar-refractivity contribution < 1.29 is 14.6 Å². The van der Waals surface area contributed by atoms with Crippen molar-refractivity contribution in [3.8, 4) is 0 Å². The Hall–Kier alpha value is -1.14. The van der Waals surface area contributed by atoms with Gasteiger partial charge < -0.3 is 20.0 Å². The van der Waals surface area contributed by atoms with E-state index in [2.05, 4.69) is 10.3 Å². The van der Waals surface area contributed by atoms with Crippen LogP contribution in [0.5, 0.6) is 0 Å². The quantitative estimate of drug-likeness (QED) is 0.693. The van der Waals surface area contributed by atoms with E-state index in [0.717, 1.165) is 11.3 Å². The normalized spacial score (nSPS) is 10.1. The van der Waals surface area contributed by atoms with Crippen molar-refractivity contribution in [2.45, 2.75) is 6.92 Å². The number of carbonyl (C=O) groups excluding carboxylic acids is 1. The minimum atomic E-state index is -1.18. The van der Waals surface area contributed by atoms with Gasteiger partial charge in [0.15, 0.2) is 5.13 Å². The number of anilines is 1. The number of hydrogen-bond donors (Lipinski definition) is 1. The van der Waals surface area contributed by atoms with Crippen LogP contribution in [0.2, 0.25) is 0 Å². The summed E-state index contributed by atoms with van der Waals surface area (Å²) in [6, 6.07) is 0. The molecule has 0 unspecified atom stereocenters. The third kappa shape index (κ3) is 2.68. The van der Waals surface area contributed by atoms with Crippen molar-refractivity contribution in [2.24, 2.45) is 0 Å². The number of methoxy groups -OCH3 is 1. The number of carbonyl (C=O) groups is 1. The Bertz CT molecular complexity index is 324. The largest absolute Gasteiger partial charge is 0.544 e. The maximum atomic E-state index is 10.6. The van der Waals surface area contributed by atoms with Crippen LogP contribution < -0.4 is 10.4 Å². The molecule has 0 aromatic carbocycles. The number of aryl methyl sites for hydroxylation is 1. The molecule has 0 aliphatic rings. The highest BCUT2D eigenvalue weighted by Crippen LogP contribution is 2.21. The molecule has 0 aliphatic heterocycles. The number of carboxylic acids is 1. The number of aromatic carboxylic acids is 1. The molecule has 0 saturated heterocycles. The molecule has 78 valence electrons. The third-order valence-electron chi connectivity index (χ3n) is 1.56. The van der Waals surface area contributed by atoms with Crippen LogP contribution in [0.1, 0.15) is 15.4 Å². The lowest BCUT2D eigenvalue weighted by Gasteiger charge is -1.99. The van der Waals surface area contributed by atoms with Crippen molar-refractivity contribution in [2.75, 3.05) is 25.6 Å². The van der Waals surface area contributed by atoms with Crippen LogP contribution in [0.4, 0.5) is 5.13 Å². The fourth-order valence-corrected chi connectivity index (χ4v) is 1.75. The topological polar surface area (TPSA) is 74.3 Å². The molecule has 6 heteroatoms. The molecule has 0 spiro atoms. The zero-order valence-corrected chi connectivity index (χ0v) is 8.81. The predicted octanol–water partition coefficient (Wildman–Crippen LogP) is -0.127. The standard InChI is InChI=1S/C8H12N2O3S/c1-5-6(7(11)12)14-8(10-5)9-3-4-13-2/h3-4H2,1-2H3,(H,9,10)(H,11,12)/p-1. The minimum Gasteiger partial charge on any atom is -0.544 e. The van der Waals surface area contributed by atoms with E-state index in [4.69, 9.17) is 4.74 Å². The van der Waals surface area contributed by atoms with Crippen LogP contribution in [0, 0.1) is 6.92 Å². The van der Waals surface area contributed by atoms with E-state index >= 15 is 0 Å². The summed E-state index contributed by atoms with van der Waals surface area (Å²) in [5.74, 6) is -1.18. The molecule has 1 aromatic heterocycles. The Morgan fingerprint density at radius 1 is 1.71 bits per heavy atom. The summed E-state index contributed by atoms with van der Waals surface area (Å²) in [5, 5.41) is 14.1. The molecule has 0 saturated carbocycles. The van der Waals surface area contributed by atoms with Gasteiger partial charge in [-0.1, -0.05) is 11.3 Å². The lowest BCUT2D eigenvalue weighted by molar-refractivity contribution is -0.254. The van der Waals surface area contributed by atoms with Crippen molar-refractivity contribution in [1.82, 2.24) is 4.98 Å². The molecular formula is C8H11N2O3S-. The highest BCUT2D eigenvalue weighted by molar-refractivity contribution is 7.17. The number of nitrogens with zero attached hydrogens (tertiary/aromatic N) is 1. The van der Waals surface area contributed by atoms with Gasteiger partial charge in [-0.25, -0.2) is 4.98 Å². The van der Waals surface area contributed by atoms with Crippen molar-refractivity contribution in [1.29, 1.82) is 0 Å². The highest BCUT2D eigenvalue weighted by atomic mass is 32.1. The van der Waals surface area contributed by atoms with E-state index in [1.165, 1.54) is 0 Å². The van der Waals surface area contributed by atoms with Gasteiger partial charge >= 0.3 is 0 Å². The molecule has 0 bridgehead atoms. The number of thiazole rings is 1. The Kier molecular flexibility index (Phi) is 3.84. The van der Waals surface area contributed by atoms with Gasteiger partial charge in [0.2, 0.25) is 0 Å². The summed E-state index contributed by atoms with van der Waals surface area (Å²) in [7, 11) is 1.60. The molecule has 0 amide bonds. The molecule has 1 heterocycles. The second-order valence-electron chi connectivity index (χ2n) is 2.64. The summed E-state index contributed by atoms with van der Waals surface area (Å²) in [4.78, 5) is 14.8. The van der Waals surface area contributed by atoms with Gasteiger partial charge in [-0.2, -0.15) is 0 Å². The lowest BCUT2D eigenvalue weighted by atomic mass is 10.4. The Labute approximate surface area is 85.7 Å². The van der Waals surface area contributed by atoms with Crippen molar-refractivity contribution in [3.63, 3.8) is 0 Å². The minimum absolute atomic E-state index is 0.171. The Morgan fingerprint density at radius 3 is 2.93 bits per heavy atom. The van der Waals surface area contributed by atoms with E-state index in [1.807, 2.05) is 0 Å². The van der Waals surface area contributed by atoms with Gasteiger partial charge in [-0.3, -0.25) is 0 Å². The maximum absolute atomic E-state index is 10.6. The molecule has 0 aliphatic carbocycles. The molecule has 1 rings (SSSR count). The highest BCUT2D eigenvalue weighted by Gasteiger charge is 2.07. The van der Waals surface area contributed by atoms with Crippen LogP contribution >= 0.6 is 11.3 Å². The smallest absolute Gasteiger partial charge is 0.183 e. The average molecular weight is 215 g/mol. The van der Waals surface area contributed by atoms with Gasteiger partial charge in [0, 0.05) is 13.7 Å². The first-order valence-electron chi connectivity index (χ1n) is 4.06. The molecule has 0 atom stereocenters. The van der Waals surface area contributed by atoms with Crippen LogP contribution in [-0.2, 0) is 4.74 Å². The zero-order valence-electron chi connectivity index (χ0n) is 7.99. The van der Waals surface area contributed by atoms with Crippen molar-refractivity contribution in [3.05, 3.63) is 10.6 Å². The molecule has 1 N–H and O–H groups in total. The molecular weight excluding hydrogens is 204 g/mol. The van der Waals surface area contributed by atoms with Crippen LogP contribution in [0.3, 0.4) is 0 Å². The second-order valence-corrected chi connectivity index (χ2v) is 3.64. The van der Waals surface area contributed by atoms with Gasteiger partial charge in [0.25, 0.3) is 0 Å². The van der Waals surface area contributed by atoms with Crippen LogP contribution in [-0.4, -0.2) is 31.2 Å². The summed E-state index contributed by atoms with van der Waals surface area (Å²) in [6.07, 6.45) is 0. The van der Waals surface area contributed by atoms with Gasteiger partial charge in [0.05, 0.1) is 23.1 Å². The molecule has 1 aromatic rings. The maximum Gasteiger partial charge on any atom is 0.183 e. The van der Waals surface area contributed by atoms with Crippen LogP contribution in [0.25, 0.3) is 0 Å². The molecule has 0 fully saturated rings. The average Bonchev–Trinajstić information content (AvgIpc) is 2.47. The Morgan fingerprint density at radius 2 is 2.43 bits per heavy atom. The van der Waals surface area contributed by atoms with E-state index < -0.39 is 5.97 Å². The summed E-state index contributed by atoms with van der Waals surface area (Å²) < 4.78 is 4.83. The zero-order chi connectivity index (χ0) is 10.6. The molecule has 0 radical (unpaired) electrons.